The van der Waals surface area contributed by atoms with Gasteiger partial charge >= 0.3 is 0 Å². The first-order chi connectivity index (χ1) is 20.8. The minimum atomic E-state index is -0.651. The van der Waals surface area contributed by atoms with Crippen LogP contribution < -0.4 is 15.0 Å². The number of rotatable bonds is 5. The van der Waals surface area contributed by atoms with E-state index in [4.69, 9.17) is 16.3 Å². The monoisotopic (exact) mass is 599 g/mol. The molecule has 1 unspecified atom stereocenters. The second kappa shape index (κ2) is 14.1. The standard InChI is InChI=1S/C36H42ClN3O3/c1-4-9-26-20-29(37)13-16-31(26)28-23-40-19-8-6-5-7-18-39(3)35(41)22-32(27-12-17-34(43-24-28)33(40)21-27)36(42)38-30-14-10-25(2)11-15-30/h5,7,10-17,20-21,28,32H,4,6,8-9,18-19,22-24H2,1-3H3,(H,38,42)/b7-5+/t28?,32-/m0/s1. The van der Waals surface area contributed by atoms with Gasteiger partial charge in [-0.3, -0.25) is 9.59 Å². The molecule has 3 aromatic carbocycles. The number of hydrogen-bond donors (Lipinski definition) is 1. The van der Waals surface area contributed by atoms with Crippen LogP contribution in [0.15, 0.2) is 72.8 Å². The number of benzene rings is 3. The van der Waals surface area contributed by atoms with Gasteiger partial charge in [-0.15, -0.1) is 0 Å². The maximum absolute atomic E-state index is 13.8. The normalized spacial score (nSPS) is 20.0. The SMILES string of the molecule is CCCc1cc(Cl)ccc1C1COc2ccc3cc2N(CCC/C=C/CN(C)C(=O)C[C@@H]3C(=O)Nc2ccc(C)cc2)C1. The predicted molar refractivity (Wildman–Crippen MR) is 176 cm³/mol. The molecule has 2 bridgehead atoms. The fourth-order valence-corrected chi connectivity index (χ4v) is 6.19. The lowest BCUT2D eigenvalue weighted by atomic mass is 9.91. The summed E-state index contributed by atoms with van der Waals surface area (Å²) in [5.74, 6) is 0.0559. The van der Waals surface area contributed by atoms with Crippen LogP contribution in [0, 0.1) is 6.92 Å². The molecule has 2 aliphatic heterocycles. The molecule has 0 radical (unpaired) electrons. The molecule has 0 fully saturated rings. The third-order valence-corrected chi connectivity index (χ3v) is 8.69. The van der Waals surface area contributed by atoms with Gasteiger partial charge in [-0.2, -0.15) is 0 Å². The zero-order chi connectivity index (χ0) is 30.3. The van der Waals surface area contributed by atoms with E-state index in [0.717, 1.165) is 66.4 Å². The number of ether oxygens (including phenoxy) is 1. The van der Waals surface area contributed by atoms with Crippen LogP contribution in [0.3, 0.4) is 0 Å². The summed E-state index contributed by atoms with van der Waals surface area (Å²) in [6.45, 7) is 6.92. The Morgan fingerprint density at radius 3 is 2.67 bits per heavy atom. The summed E-state index contributed by atoms with van der Waals surface area (Å²) in [4.78, 5) is 31.2. The second-order valence-corrected chi connectivity index (χ2v) is 12.2. The Hall–Kier alpha value is -3.77. The lowest BCUT2D eigenvalue weighted by Gasteiger charge is -2.29. The molecule has 6 nitrogen and oxygen atoms in total. The molecule has 0 aliphatic carbocycles. The van der Waals surface area contributed by atoms with Crippen molar-refractivity contribution in [3.8, 4) is 5.75 Å². The van der Waals surface area contributed by atoms with E-state index in [9.17, 15) is 9.59 Å². The summed E-state index contributed by atoms with van der Waals surface area (Å²) in [5, 5.41) is 3.82. The van der Waals surface area contributed by atoms with Crippen LogP contribution in [0.4, 0.5) is 11.4 Å². The van der Waals surface area contributed by atoms with Crippen LogP contribution in [0.25, 0.3) is 0 Å². The predicted octanol–water partition coefficient (Wildman–Crippen LogP) is 7.50. The van der Waals surface area contributed by atoms with Crippen LogP contribution >= 0.6 is 11.6 Å². The quantitative estimate of drug-likeness (QED) is 0.308. The maximum Gasteiger partial charge on any atom is 0.232 e. The molecule has 2 amide bonds. The van der Waals surface area contributed by atoms with E-state index >= 15 is 0 Å². The van der Waals surface area contributed by atoms with E-state index < -0.39 is 5.92 Å². The molecule has 0 saturated carbocycles. The Morgan fingerprint density at radius 2 is 1.88 bits per heavy atom. The van der Waals surface area contributed by atoms with Gasteiger partial charge in [-0.05, 0) is 79.3 Å². The van der Waals surface area contributed by atoms with Gasteiger partial charge in [-0.25, -0.2) is 0 Å². The van der Waals surface area contributed by atoms with Gasteiger partial charge in [0, 0.05) is 49.7 Å². The highest BCUT2D eigenvalue weighted by atomic mass is 35.5. The number of allylic oxidation sites excluding steroid dienone is 1. The number of fused-ring (bicyclic) bond motifs is 1. The summed E-state index contributed by atoms with van der Waals surface area (Å²) < 4.78 is 6.48. The number of likely N-dealkylation sites (N-methyl/N-ethyl adjacent to an activating group) is 1. The lowest BCUT2D eigenvalue weighted by molar-refractivity contribution is -0.132. The number of hydrogen-bond acceptors (Lipinski definition) is 4. The Labute approximate surface area is 260 Å². The number of anilines is 2. The van der Waals surface area contributed by atoms with Crippen LogP contribution in [0.1, 0.15) is 66.7 Å². The average molecular weight is 600 g/mol. The number of carbonyl (C=O) groups is 2. The van der Waals surface area contributed by atoms with Gasteiger partial charge in [0.15, 0.2) is 0 Å². The molecule has 0 aromatic heterocycles. The molecule has 7 heteroatoms. The highest BCUT2D eigenvalue weighted by Gasteiger charge is 2.30. The fraction of sp³-hybridized carbons (Fsp3) is 0.389. The van der Waals surface area contributed by atoms with Crippen LogP contribution in [0.5, 0.6) is 5.75 Å². The molecule has 3 aromatic rings. The molecular weight excluding hydrogens is 558 g/mol. The van der Waals surface area contributed by atoms with E-state index in [1.165, 1.54) is 11.1 Å². The third kappa shape index (κ3) is 7.61. The van der Waals surface area contributed by atoms with E-state index in [1.807, 2.05) is 49.4 Å². The number of nitrogens with one attached hydrogen (secondary N) is 1. The smallest absolute Gasteiger partial charge is 0.232 e. The highest BCUT2D eigenvalue weighted by Crippen LogP contribution is 2.39. The molecule has 0 saturated heterocycles. The van der Waals surface area contributed by atoms with E-state index in [-0.39, 0.29) is 24.2 Å². The molecule has 0 spiro atoms. The summed E-state index contributed by atoms with van der Waals surface area (Å²) in [7, 11) is 1.80. The molecule has 5 rings (SSSR count). The molecule has 43 heavy (non-hydrogen) atoms. The van der Waals surface area contributed by atoms with Crippen molar-refractivity contribution < 1.29 is 14.3 Å². The van der Waals surface area contributed by atoms with Crippen molar-refractivity contribution in [1.82, 2.24) is 4.90 Å². The van der Waals surface area contributed by atoms with Gasteiger partial charge in [0.05, 0.1) is 18.2 Å². The average Bonchev–Trinajstić information content (AvgIpc) is 3.17. The fourth-order valence-electron chi connectivity index (χ4n) is 6.00. The topological polar surface area (TPSA) is 61.9 Å². The van der Waals surface area contributed by atoms with Crippen molar-refractivity contribution in [2.45, 2.75) is 57.8 Å². The Bertz CT molecular complexity index is 1470. The number of amides is 2. The zero-order valence-corrected chi connectivity index (χ0v) is 26.2. The second-order valence-electron chi connectivity index (χ2n) is 11.8. The van der Waals surface area contributed by atoms with Gasteiger partial charge in [-0.1, -0.05) is 66.9 Å². The molecule has 226 valence electrons. The number of aryl methyl sites for hydroxylation is 2. The van der Waals surface area contributed by atoms with Crippen molar-refractivity contribution >= 4 is 34.8 Å². The molecular formula is C36H42ClN3O3. The number of halogens is 1. The number of nitrogens with zero attached hydrogens (tertiary/aromatic N) is 2. The van der Waals surface area contributed by atoms with Crippen LogP contribution in [0.2, 0.25) is 5.02 Å². The van der Waals surface area contributed by atoms with Gasteiger partial charge in [0.25, 0.3) is 0 Å². The Balaban J connectivity index is 1.51. The van der Waals surface area contributed by atoms with Crippen molar-refractivity contribution in [2.24, 2.45) is 0 Å². The largest absolute Gasteiger partial charge is 0.491 e. The summed E-state index contributed by atoms with van der Waals surface area (Å²) in [5.41, 5.74) is 6.17. The van der Waals surface area contributed by atoms with Gasteiger partial charge in [0.2, 0.25) is 11.8 Å². The Morgan fingerprint density at radius 1 is 1.07 bits per heavy atom. The minimum absolute atomic E-state index is 0.0694. The first-order valence-corrected chi connectivity index (χ1v) is 15.8. The van der Waals surface area contributed by atoms with Gasteiger partial charge < -0.3 is 19.9 Å². The van der Waals surface area contributed by atoms with E-state index in [1.54, 1.807) is 11.9 Å². The number of carbonyl (C=O) groups excluding carboxylic acids is 2. The lowest BCUT2D eigenvalue weighted by Crippen LogP contribution is -2.32. The molecule has 2 aliphatic rings. The Kier molecular flexibility index (Phi) is 10.1. The summed E-state index contributed by atoms with van der Waals surface area (Å²) in [6.07, 6.45) is 8.17. The zero-order valence-electron chi connectivity index (χ0n) is 25.4. The molecule has 2 atom stereocenters. The summed E-state index contributed by atoms with van der Waals surface area (Å²) in [6, 6.07) is 19.9. The first kappa shape index (κ1) is 30.7. The third-order valence-electron chi connectivity index (χ3n) is 8.46. The maximum atomic E-state index is 13.8. The summed E-state index contributed by atoms with van der Waals surface area (Å²) >= 11 is 6.40. The van der Waals surface area contributed by atoms with E-state index in [2.05, 4.69) is 47.5 Å². The minimum Gasteiger partial charge on any atom is -0.491 e. The van der Waals surface area contributed by atoms with Crippen molar-refractivity contribution in [3.05, 3.63) is 100 Å². The van der Waals surface area contributed by atoms with Crippen LogP contribution in [-0.4, -0.2) is 50.0 Å². The molecule has 1 N–H and O–H groups in total. The molecule has 2 heterocycles. The van der Waals surface area contributed by atoms with Gasteiger partial charge in [0.1, 0.15) is 5.75 Å². The highest BCUT2D eigenvalue weighted by molar-refractivity contribution is 6.30. The van der Waals surface area contributed by atoms with Crippen LogP contribution in [-0.2, 0) is 16.0 Å². The first-order valence-electron chi connectivity index (χ1n) is 15.4. The van der Waals surface area contributed by atoms with E-state index in [0.29, 0.717) is 18.8 Å². The van der Waals surface area contributed by atoms with Crippen molar-refractivity contribution in [2.75, 3.05) is 43.5 Å². The van der Waals surface area contributed by atoms with Crippen molar-refractivity contribution in [3.63, 3.8) is 0 Å². The van der Waals surface area contributed by atoms with Crippen molar-refractivity contribution in [1.29, 1.82) is 0 Å².